The summed E-state index contributed by atoms with van der Waals surface area (Å²) in [4.78, 5) is 0. The van der Waals surface area contributed by atoms with E-state index in [0.717, 1.165) is 6.54 Å². The Morgan fingerprint density at radius 3 is 2.43 bits per heavy atom. The predicted molar refractivity (Wildman–Crippen MR) is 54.3 cm³/mol. The molecule has 0 aromatic rings. The lowest BCUT2D eigenvalue weighted by Gasteiger charge is -2.28. The molecular weight excluding hydrogens is 212 g/mol. The van der Waals surface area contributed by atoms with E-state index < -0.39 is 5.92 Å². The van der Waals surface area contributed by atoms with Crippen LogP contribution in [0.1, 0.15) is 25.7 Å². The van der Waals surface area contributed by atoms with E-state index in [2.05, 4.69) is 5.32 Å². The van der Waals surface area contributed by atoms with Crippen LogP contribution in [0.15, 0.2) is 0 Å². The normalized spacial score (nSPS) is 21.6. The first-order valence-electron chi connectivity index (χ1n) is 4.74. The van der Waals surface area contributed by atoms with Gasteiger partial charge in [0.05, 0.1) is 6.61 Å². The van der Waals surface area contributed by atoms with Crippen molar-refractivity contribution < 1.29 is 13.5 Å². The average Bonchev–Trinajstić information content (AvgIpc) is 2.08. The molecule has 0 atom stereocenters. The maximum absolute atomic E-state index is 12.7. The third-order valence-electron chi connectivity index (χ3n) is 2.46. The summed E-state index contributed by atoms with van der Waals surface area (Å²) in [6, 6.07) is 0.259. The highest BCUT2D eigenvalue weighted by Gasteiger charge is 2.34. The van der Waals surface area contributed by atoms with Crippen molar-refractivity contribution in [2.24, 2.45) is 0 Å². The lowest BCUT2D eigenvalue weighted by Crippen LogP contribution is -2.38. The molecule has 1 rings (SSSR count). The van der Waals surface area contributed by atoms with Crippen LogP contribution < -0.4 is 5.32 Å². The summed E-state index contributed by atoms with van der Waals surface area (Å²) >= 11 is 0. The van der Waals surface area contributed by atoms with Gasteiger partial charge in [0.2, 0.25) is 5.92 Å². The van der Waals surface area contributed by atoms with Gasteiger partial charge in [0.15, 0.2) is 0 Å². The van der Waals surface area contributed by atoms with Crippen LogP contribution in [0.5, 0.6) is 0 Å². The molecule has 0 aliphatic heterocycles. The van der Waals surface area contributed by atoms with Crippen molar-refractivity contribution in [1.82, 2.24) is 5.32 Å². The third-order valence-corrected chi connectivity index (χ3v) is 2.46. The molecule has 86 valence electrons. The Bertz CT molecular complexity index is 148. The van der Waals surface area contributed by atoms with Gasteiger partial charge in [-0.3, -0.25) is 0 Å². The van der Waals surface area contributed by atoms with Crippen LogP contribution in [-0.4, -0.2) is 32.2 Å². The molecule has 0 spiro atoms. The van der Waals surface area contributed by atoms with Gasteiger partial charge in [0, 0.05) is 32.5 Å². The molecule has 0 saturated heterocycles. The SMILES string of the molecule is COCCNC1CCC(F)(F)CC1.Cl. The first-order valence-corrected chi connectivity index (χ1v) is 4.74. The Morgan fingerprint density at radius 2 is 1.93 bits per heavy atom. The molecule has 2 nitrogen and oxygen atoms in total. The molecule has 0 bridgehead atoms. The number of methoxy groups -OCH3 is 1. The van der Waals surface area contributed by atoms with Gasteiger partial charge in [0.25, 0.3) is 0 Å². The Labute approximate surface area is 89.8 Å². The second-order valence-corrected chi connectivity index (χ2v) is 3.58. The molecule has 1 saturated carbocycles. The molecule has 14 heavy (non-hydrogen) atoms. The molecule has 0 radical (unpaired) electrons. The molecule has 1 fully saturated rings. The summed E-state index contributed by atoms with van der Waals surface area (Å²) in [5.41, 5.74) is 0. The third kappa shape index (κ3) is 5.08. The molecule has 0 aromatic carbocycles. The molecule has 1 aliphatic rings. The van der Waals surface area contributed by atoms with Crippen LogP contribution in [0.3, 0.4) is 0 Å². The van der Waals surface area contributed by atoms with Gasteiger partial charge in [-0.1, -0.05) is 0 Å². The summed E-state index contributed by atoms with van der Waals surface area (Å²) in [5.74, 6) is -2.42. The van der Waals surface area contributed by atoms with E-state index >= 15 is 0 Å². The highest BCUT2D eigenvalue weighted by atomic mass is 35.5. The van der Waals surface area contributed by atoms with E-state index in [-0.39, 0.29) is 31.3 Å². The zero-order valence-corrected chi connectivity index (χ0v) is 9.21. The van der Waals surface area contributed by atoms with Crippen LogP contribution in [-0.2, 0) is 4.74 Å². The second kappa shape index (κ2) is 6.53. The number of rotatable bonds is 4. The van der Waals surface area contributed by atoms with E-state index in [9.17, 15) is 8.78 Å². The summed E-state index contributed by atoms with van der Waals surface area (Å²) in [6.07, 6.45) is 1.21. The van der Waals surface area contributed by atoms with Crippen molar-refractivity contribution in [3.05, 3.63) is 0 Å². The molecule has 1 aliphatic carbocycles. The molecule has 0 unspecified atom stereocenters. The molecule has 0 aromatic heterocycles. The minimum Gasteiger partial charge on any atom is -0.383 e. The van der Waals surface area contributed by atoms with Crippen LogP contribution in [0.2, 0.25) is 0 Å². The summed E-state index contributed by atoms with van der Waals surface area (Å²) in [6.45, 7) is 1.40. The number of hydrogen-bond acceptors (Lipinski definition) is 2. The summed E-state index contributed by atoms with van der Waals surface area (Å²) in [7, 11) is 1.64. The van der Waals surface area contributed by atoms with Gasteiger partial charge in [-0.25, -0.2) is 8.78 Å². The standard InChI is InChI=1S/C9H17F2NO.ClH/c1-13-7-6-12-8-2-4-9(10,11)5-3-8;/h8,12H,2-7H2,1H3;1H. The largest absolute Gasteiger partial charge is 0.383 e. The molecule has 1 N–H and O–H groups in total. The number of nitrogens with one attached hydrogen (secondary N) is 1. The minimum absolute atomic E-state index is 0. The Balaban J connectivity index is 0.00000169. The topological polar surface area (TPSA) is 21.3 Å². The summed E-state index contributed by atoms with van der Waals surface area (Å²) in [5, 5.41) is 3.20. The minimum atomic E-state index is -2.42. The Hall–Kier alpha value is 0.0700. The van der Waals surface area contributed by atoms with E-state index in [1.54, 1.807) is 7.11 Å². The van der Waals surface area contributed by atoms with Gasteiger partial charge in [-0.05, 0) is 12.8 Å². The quantitative estimate of drug-likeness (QED) is 0.747. The molecule has 5 heteroatoms. The molecule has 0 amide bonds. The van der Waals surface area contributed by atoms with E-state index in [1.165, 1.54) is 0 Å². The van der Waals surface area contributed by atoms with E-state index in [0.29, 0.717) is 19.4 Å². The average molecular weight is 230 g/mol. The molecule has 0 heterocycles. The maximum atomic E-state index is 12.7. The fourth-order valence-electron chi connectivity index (χ4n) is 1.61. The van der Waals surface area contributed by atoms with Crippen LogP contribution in [0.25, 0.3) is 0 Å². The van der Waals surface area contributed by atoms with Crippen molar-refractivity contribution in [2.75, 3.05) is 20.3 Å². The maximum Gasteiger partial charge on any atom is 0.248 e. The number of alkyl halides is 2. The van der Waals surface area contributed by atoms with Gasteiger partial charge in [-0.2, -0.15) is 0 Å². The van der Waals surface area contributed by atoms with Crippen LogP contribution in [0.4, 0.5) is 8.78 Å². The van der Waals surface area contributed by atoms with Gasteiger partial charge >= 0.3 is 0 Å². The Kier molecular flexibility index (Phi) is 6.57. The number of hydrogen-bond donors (Lipinski definition) is 1. The monoisotopic (exact) mass is 229 g/mol. The highest BCUT2D eigenvalue weighted by Crippen LogP contribution is 2.32. The first kappa shape index (κ1) is 14.1. The fourth-order valence-corrected chi connectivity index (χ4v) is 1.61. The lowest BCUT2D eigenvalue weighted by atomic mass is 9.92. The number of halogens is 3. The molecular formula is C9H18ClF2NO. The van der Waals surface area contributed by atoms with Gasteiger partial charge < -0.3 is 10.1 Å². The second-order valence-electron chi connectivity index (χ2n) is 3.58. The van der Waals surface area contributed by atoms with E-state index in [1.807, 2.05) is 0 Å². The summed E-state index contributed by atoms with van der Waals surface area (Å²) < 4.78 is 30.3. The predicted octanol–water partition coefficient (Wildman–Crippen LogP) is 2.22. The van der Waals surface area contributed by atoms with Crippen molar-refractivity contribution in [2.45, 2.75) is 37.6 Å². The van der Waals surface area contributed by atoms with E-state index in [4.69, 9.17) is 4.74 Å². The van der Waals surface area contributed by atoms with Gasteiger partial charge in [0.1, 0.15) is 0 Å². The van der Waals surface area contributed by atoms with Crippen molar-refractivity contribution >= 4 is 12.4 Å². The van der Waals surface area contributed by atoms with Crippen LogP contribution in [0, 0.1) is 0 Å². The van der Waals surface area contributed by atoms with Crippen molar-refractivity contribution in [3.8, 4) is 0 Å². The zero-order valence-electron chi connectivity index (χ0n) is 8.39. The Morgan fingerprint density at radius 1 is 1.36 bits per heavy atom. The van der Waals surface area contributed by atoms with Crippen molar-refractivity contribution in [1.29, 1.82) is 0 Å². The fraction of sp³-hybridized carbons (Fsp3) is 1.00. The van der Waals surface area contributed by atoms with Gasteiger partial charge in [-0.15, -0.1) is 12.4 Å². The zero-order chi connectivity index (χ0) is 9.73. The van der Waals surface area contributed by atoms with Crippen LogP contribution >= 0.6 is 12.4 Å². The number of ether oxygens (including phenoxy) is 1. The van der Waals surface area contributed by atoms with Crippen molar-refractivity contribution in [3.63, 3.8) is 0 Å². The highest BCUT2D eigenvalue weighted by molar-refractivity contribution is 5.85. The smallest absolute Gasteiger partial charge is 0.248 e. The lowest BCUT2D eigenvalue weighted by molar-refractivity contribution is -0.0406. The first-order chi connectivity index (χ1) is 6.14.